The summed E-state index contributed by atoms with van der Waals surface area (Å²) in [5, 5.41) is 12.7. The Bertz CT molecular complexity index is 627. The molecule has 1 heterocycles. The van der Waals surface area contributed by atoms with E-state index in [0.717, 1.165) is 6.07 Å². The van der Waals surface area contributed by atoms with E-state index in [1.54, 1.807) is 19.1 Å². The van der Waals surface area contributed by atoms with E-state index in [9.17, 15) is 14.3 Å². The van der Waals surface area contributed by atoms with Gasteiger partial charge in [0, 0.05) is 18.0 Å². The van der Waals surface area contributed by atoms with Crippen LogP contribution in [0.15, 0.2) is 41.0 Å². The molecule has 5 nitrogen and oxygen atoms in total. The van der Waals surface area contributed by atoms with Crippen molar-refractivity contribution in [2.75, 3.05) is 7.11 Å². The molecule has 0 bridgehead atoms. The van der Waals surface area contributed by atoms with E-state index < -0.39 is 17.8 Å². The summed E-state index contributed by atoms with van der Waals surface area (Å²) in [7, 11) is 1.36. The Balaban J connectivity index is 1.95. The van der Waals surface area contributed by atoms with Crippen LogP contribution in [0, 0.1) is 5.82 Å². The first-order chi connectivity index (χ1) is 10.5. The first-order valence-corrected chi connectivity index (χ1v) is 6.87. The minimum absolute atomic E-state index is 0.0813. The molecule has 2 atom stereocenters. The molecule has 0 aliphatic heterocycles. The smallest absolute Gasteiger partial charge is 0.251 e. The van der Waals surface area contributed by atoms with Gasteiger partial charge in [0.1, 0.15) is 11.9 Å². The van der Waals surface area contributed by atoms with Gasteiger partial charge in [-0.1, -0.05) is 0 Å². The minimum Gasteiger partial charge on any atom is -0.494 e. The first kappa shape index (κ1) is 16.0. The van der Waals surface area contributed by atoms with Crippen molar-refractivity contribution in [1.29, 1.82) is 0 Å². The number of ether oxygens (including phenoxy) is 1. The number of methoxy groups -OCH3 is 1. The van der Waals surface area contributed by atoms with Gasteiger partial charge in [-0.25, -0.2) is 4.39 Å². The van der Waals surface area contributed by atoms with Crippen LogP contribution in [0.2, 0.25) is 0 Å². The van der Waals surface area contributed by atoms with Crippen LogP contribution in [-0.2, 0) is 0 Å². The second-order valence-corrected chi connectivity index (χ2v) is 4.99. The molecule has 0 fully saturated rings. The van der Waals surface area contributed by atoms with Crippen molar-refractivity contribution < 1.29 is 23.4 Å². The Morgan fingerprint density at radius 1 is 1.45 bits per heavy atom. The fraction of sp³-hybridized carbons (Fsp3) is 0.312. The first-order valence-electron chi connectivity index (χ1n) is 6.87. The highest BCUT2D eigenvalue weighted by Crippen LogP contribution is 2.20. The van der Waals surface area contributed by atoms with E-state index in [4.69, 9.17) is 9.15 Å². The largest absolute Gasteiger partial charge is 0.494 e. The molecular formula is C16H18FNO4. The summed E-state index contributed by atoms with van der Waals surface area (Å²) in [5.74, 6) is -0.492. The number of aliphatic hydroxyl groups excluding tert-OH is 1. The maximum atomic E-state index is 13.6. The average Bonchev–Trinajstić information content (AvgIpc) is 3.01. The predicted molar refractivity (Wildman–Crippen MR) is 78.2 cm³/mol. The number of rotatable bonds is 6. The Morgan fingerprint density at radius 3 is 2.82 bits per heavy atom. The highest BCUT2D eigenvalue weighted by Gasteiger charge is 2.17. The SMILES string of the molecule is COc1ccc(C(=O)NC(C)CC(O)c2ccco2)cc1F. The minimum atomic E-state index is -0.807. The fourth-order valence-electron chi connectivity index (χ4n) is 2.11. The predicted octanol–water partition coefficient (Wildman–Crippen LogP) is 2.67. The molecule has 0 aliphatic carbocycles. The third-order valence-electron chi connectivity index (χ3n) is 3.24. The van der Waals surface area contributed by atoms with Gasteiger partial charge in [0.05, 0.1) is 13.4 Å². The quantitative estimate of drug-likeness (QED) is 0.860. The van der Waals surface area contributed by atoms with E-state index in [0.29, 0.717) is 5.76 Å². The highest BCUT2D eigenvalue weighted by atomic mass is 19.1. The Morgan fingerprint density at radius 2 is 2.23 bits per heavy atom. The lowest BCUT2D eigenvalue weighted by Gasteiger charge is -2.17. The molecular weight excluding hydrogens is 289 g/mol. The van der Waals surface area contributed by atoms with E-state index in [2.05, 4.69) is 5.32 Å². The zero-order chi connectivity index (χ0) is 16.1. The molecule has 118 valence electrons. The lowest BCUT2D eigenvalue weighted by molar-refractivity contribution is 0.0902. The second-order valence-electron chi connectivity index (χ2n) is 4.99. The molecule has 2 aromatic rings. The van der Waals surface area contributed by atoms with Crippen LogP contribution in [0.25, 0.3) is 0 Å². The molecule has 0 saturated heterocycles. The molecule has 0 spiro atoms. The van der Waals surface area contributed by atoms with Crippen molar-refractivity contribution in [2.45, 2.75) is 25.5 Å². The molecule has 2 rings (SSSR count). The monoisotopic (exact) mass is 307 g/mol. The lowest BCUT2D eigenvalue weighted by atomic mass is 10.1. The summed E-state index contributed by atoms with van der Waals surface area (Å²) in [6.45, 7) is 1.75. The van der Waals surface area contributed by atoms with Gasteiger partial charge in [0.2, 0.25) is 0 Å². The number of amides is 1. The highest BCUT2D eigenvalue weighted by molar-refractivity contribution is 5.94. The number of carbonyl (C=O) groups excluding carboxylic acids is 1. The van der Waals surface area contributed by atoms with Crippen LogP contribution in [0.3, 0.4) is 0 Å². The molecule has 0 saturated carbocycles. The molecule has 2 unspecified atom stereocenters. The van der Waals surface area contributed by atoms with Crippen molar-refractivity contribution in [2.24, 2.45) is 0 Å². The molecule has 2 N–H and O–H groups in total. The van der Waals surface area contributed by atoms with E-state index in [1.807, 2.05) is 0 Å². The summed E-state index contributed by atoms with van der Waals surface area (Å²) in [6, 6.07) is 7.03. The van der Waals surface area contributed by atoms with Gasteiger partial charge in [0.15, 0.2) is 11.6 Å². The van der Waals surface area contributed by atoms with Crippen molar-refractivity contribution in [3.63, 3.8) is 0 Å². The number of benzene rings is 1. The van der Waals surface area contributed by atoms with Crippen LogP contribution in [0.4, 0.5) is 4.39 Å². The van der Waals surface area contributed by atoms with Gasteiger partial charge in [-0.15, -0.1) is 0 Å². The van der Waals surface area contributed by atoms with Gasteiger partial charge in [-0.3, -0.25) is 4.79 Å². The van der Waals surface area contributed by atoms with Gasteiger partial charge in [0.25, 0.3) is 5.91 Å². The molecule has 1 aromatic carbocycles. The summed E-state index contributed by atoms with van der Waals surface area (Å²) in [6.07, 6.45) is 0.956. The Hall–Kier alpha value is -2.34. The maximum absolute atomic E-state index is 13.6. The van der Waals surface area contributed by atoms with E-state index in [-0.39, 0.29) is 23.8 Å². The van der Waals surface area contributed by atoms with Gasteiger partial charge in [-0.2, -0.15) is 0 Å². The molecule has 6 heteroatoms. The molecule has 22 heavy (non-hydrogen) atoms. The number of nitrogens with one attached hydrogen (secondary N) is 1. The Kier molecular flexibility index (Phi) is 5.16. The van der Waals surface area contributed by atoms with Gasteiger partial charge >= 0.3 is 0 Å². The van der Waals surface area contributed by atoms with Crippen LogP contribution in [0.1, 0.15) is 35.6 Å². The van der Waals surface area contributed by atoms with E-state index in [1.165, 1.54) is 25.5 Å². The van der Waals surface area contributed by atoms with Gasteiger partial charge < -0.3 is 19.6 Å². The van der Waals surface area contributed by atoms with Crippen LogP contribution < -0.4 is 10.1 Å². The number of furan rings is 1. The molecule has 0 aliphatic rings. The Labute approximate surface area is 127 Å². The standard InChI is InChI=1S/C16H18FNO4/c1-10(8-13(19)15-4-3-7-22-15)18-16(20)11-5-6-14(21-2)12(17)9-11/h3-7,9-10,13,19H,8H2,1-2H3,(H,18,20). The summed E-state index contributed by atoms with van der Waals surface area (Å²) >= 11 is 0. The zero-order valence-electron chi connectivity index (χ0n) is 12.4. The number of hydrogen-bond acceptors (Lipinski definition) is 4. The normalized spacial score (nSPS) is 13.5. The summed E-state index contributed by atoms with van der Waals surface area (Å²) < 4.78 is 23.5. The zero-order valence-corrected chi connectivity index (χ0v) is 12.4. The van der Waals surface area contributed by atoms with E-state index >= 15 is 0 Å². The van der Waals surface area contributed by atoms with Crippen LogP contribution in [-0.4, -0.2) is 24.2 Å². The topological polar surface area (TPSA) is 71.7 Å². The van der Waals surface area contributed by atoms with Crippen LogP contribution >= 0.6 is 0 Å². The molecule has 1 aromatic heterocycles. The third kappa shape index (κ3) is 3.85. The van der Waals surface area contributed by atoms with Crippen molar-refractivity contribution in [1.82, 2.24) is 5.32 Å². The number of carbonyl (C=O) groups is 1. The van der Waals surface area contributed by atoms with Crippen molar-refractivity contribution >= 4 is 5.91 Å². The van der Waals surface area contributed by atoms with Crippen molar-refractivity contribution in [3.8, 4) is 5.75 Å². The van der Waals surface area contributed by atoms with Gasteiger partial charge in [-0.05, 0) is 37.3 Å². The van der Waals surface area contributed by atoms with Crippen molar-refractivity contribution in [3.05, 3.63) is 53.7 Å². The second kappa shape index (κ2) is 7.09. The third-order valence-corrected chi connectivity index (χ3v) is 3.24. The summed E-state index contributed by atoms with van der Waals surface area (Å²) in [5.41, 5.74) is 0.192. The number of hydrogen-bond donors (Lipinski definition) is 2. The molecule has 1 amide bonds. The number of aliphatic hydroxyl groups is 1. The van der Waals surface area contributed by atoms with Crippen LogP contribution in [0.5, 0.6) is 5.75 Å². The summed E-state index contributed by atoms with van der Waals surface area (Å²) in [4.78, 5) is 12.1. The average molecular weight is 307 g/mol. The maximum Gasteiger partial charge on any atom is 0.251 e. The molecule has 0 radical (unpaired) electrons. The number of halogens is 1. The lowest BCUT2D eigenvalue weighted by Crippen LogP contribution is -2.33. The fourth-order valence-corrected chi connectivity index (χ4v) is 2.11.